The van der Waals surface area contributed by atoms with Crippen LogP contribution < -0.4 is 4.74 Å². The predicted octanol–water partition coefficient (Wildman–Crippen LogP) is 5.61. The van der Waals surface area contributed by atoms with E-state index in [9.17, 15) is 4.79 Å². The first-order valence-electron chi connectivity index (χ1n) is 14.4. The maximum absolute atomic E-state index is 13.4. The fraction of sp³-hybridized carbons (Fsp3) is 0.294. The molecule has 0 atom stereocenters. The number of ketones is 1. The van der Waals surface area contributed by atoms with E-state index in [4.69, 9.17) is 14.7 Å². The summed E-state index contributed by atoms with van der Waals surface area (Å²) in [5.74, 6) is 1.76. The van der Waals surface area contributed by atoms with Gasteiger partial charge >= 0.3 is 0 Å². The zero-order valence-corrected chi connectivity index (χ0v) is 24.7. The van der Waals surface area contributed by atoms with Crippen molar-refractivity contribution in [2.24, 2.45) is 7.05 Å². The van der Waals surface area contributed by atoms with Crippen LogP contribution in [0.25, 0.3) is 22.4 Å². The summed E-state index contributed by atoms with van der Waals surface area (Å²) in [7, 11) is 4.12. The lowest BCUT2D eigenvalue weighted by atomic mass is 9.98. The Kier molecular flexibility index (Phi) is 7.82. The zero-order valence-electron chi connectivity index (χ0n) is 24.7. The molecule has 1 aliphatic rings. The fourth-order valence-electron chi connectivity index (χ4n) is 5.40. The standard InChI is InChI=1S/C34H36N6O2/c1-23-7-8-25(19-30(41)26-9-10-28(24(2)18-26)22-40-16-14-38(3)15-17-40)20-31(23)42-34-32-29(11-13-39(32)4)36-33(37-34)27-6-5-12-35-21-27/h5-13,18,20-21H,14-17,19,22H2,1-4H3. The molecule has 0 unspecified atom stereocenters. The first-order valence-corrected chi connectivity index (χ1v) is 14.4. The van der Waals surface area contributed by atoms with Crippen molar-refractivity contribution in [3.05, 3.63) is 101 Å². The topological polar surface area (TPSA) is 76.4 Å². The highest BCUT2D eigenvalue weighted by Gasteiger charge is 2.18. The SMILES string of the molecule is Cc1cc(C(=O)Cc2ccc(C)c(Oc3nc(-c4cccnc4)nc4ccn(C)c34)c2)ccc1CN1CCN(C)CC1. The van der Waals surface area contributed by atoms with Crippen LogP contribution >= 0.6 is 0 Å². The molecule has 0 N–H and O–H groups in total. The summed E-state index contributed by atoms with van der Waals surface area (Å²) < 4.78 is 8.41. The summed E-state index contributed by atoms with van der Waals surface area (Å²) in [6, 6.07) is 17.8. The van der Waals surface area contributed by atoms with Gasteiger partial charge in [-0.1, -0.05) is 24.3 Å². The molecule has 42 heavy (non-hydrogen) atoms. The third kappa shape index (κ3) is 5.95. The average molecular weight is 561 g/mol. The van der Waals surface area contributed by atoms with Crippen molar-refractivity contribution < 1.29 is 9.53 Å². The number of piperazine rings is 1. The van der Waals surface area contributed by atoms with Crippen LogP contribution in [0.3, 0.4) is 0 Å². The van der Waals surface area contributed by atoms with Gasteiger partial charge in [-0.05, 0) is 73.5 Å². The van der Waals surface area contributed by atoms with Crippen molar-refractivity contribution in [3.63, 3.8) is 0 Å². The summed E-state index contributed by atoms with van der Waals surface area (Å²) >= 11 is 0. The summed E-state index contributed by atoms with van der Waals surface area (Å²) in [5.41, 5.74) is 7.43. The summed E-state index contributed by atoms with van der Waals surface area (Å²) in [6.07, 6.45) is 5.70. The fourth-order valence-corrected chi connectivity index (χ4v) is 5.40. The van der Waals surface area contributed by atoms with E-state index < -0.39 is 0 Å². The Morgan fingerprint density at radius 2 is 1.76 bits per heavy atom. The second-order valence-corrected chi connectivity index (χ2v) is 11.3. The van der Waals surface area contributed by atoms with E-state index >= 15 is 0 Å². The molecular weight excluding hydrogens is 524 g/mol. The number of nitrogens with zero attached hydrogens (tertiary/aromatic N) is 6. The molecule has 0 aliphatic carbocycles. The normalized spacial score (nSPS) is 14.4. The number of aromatic nitrogens is 4. The van der Waals surface area contributed by atoms with Gasteiger partial charge in [0, 0.05) is 75.9 Å². The average Bonchev–Trinajstić information content (AvgIpc) is 3.38. The van der Waals surface area contributed by atoms with E-state index in [1.165, 1.54) is 5.56 Å². The smallest absolute Gasteiger partial charge is 0.247 e. The molecule has 0 spiro atoms. The van der Waals surface area contributed by atoms with Gasteiger partial charge < -0.3 is 14.2 Å². The number of Topliss-reactive ketones (excluding diaryl/α,β-unsaturated/α-hetero) is 1. The molecule has 0 bridgehead atoms. The molecule has 2 aromatic carbocycles. The number of hydrogen-bond acceptors (Lipinski definition) is 7. The number of benzene rings is 2. The number of pyridine rings is 1. The second-order valence-electron chi connectivity index (χ2n) is 11.3. The van der Waals surface area contributed by atoms with E-state index in [2.05, 4.69) is 34.8 Å². The number of fused-ring (bicyclic) bond motifs is 1. The Hall–Kier alpha value is -4.40. The molecule has 6 rings (SSSR count). The van der Waals surface area contributed by atoms with E-state index in [-0.39, 0.29) is 12.2 Å². The summed E-state index contributed by atoms with van der Waals surface area (Å²) in [4.78, 5) is 31.9. The highest BCUT2D eigenvalue weighted by molar-refractivity contribution is 5.97. The van der Waals surface area contributed by atoms with Gasteiger partial charge in [0.15, 0.2) is 11.6 Å². The largest absolute Gasteiger partial charge is 0.437 e. The number of aryl methyl sites for hydroxylation is 3. The first kappa shape index (κ1) is 27.8. The maximum Gasteiger partial charge on any atom is 0.247 e. The molecule has 0 amide bonds. The first-order chi connectivity index (χ1) is 20.3. The van der Waals surface area contributed by atoms with Gasteiger partial charge in [0.1, 0.15) is 11.3 Å². The molecule has 214 valence electrons. The molecule has 8 heteroatoms. The lowest BCUT2D eigenvalue weighted by Crippen LogP contribution is -2.43. The highest BCUT2D eigenvalue weighted by atomic mass is 16.5. The summed E-state index contributed by atoms with van der Waals surface area (Å²) in [6.45, 7) is 9.36. The molecule has 1 aliphatic heterocycles. The Morgan fingerprint density at radius 1 is 0.929 bits per heavy atom. The van der Waals surface area contributed by atoms with E-state index in [0.717, 1.165) is 71.6 Å². The summed E-state index contributed by atoms with van der Waals surface area (Å²) in [5, 5.41) is 0. The van der Waals surface area contributed by atoms with Gasteiger partial charge in [0.2, 0.25) is 5.88 Å². The van der Waals surface area contributed by atoms with Crippen LogP contribution in [0.1, 0.15) is 32.6 Å². The number of hydrogen-bond donors (Lipinski definition) is 0. The molecular formula is C34H36N6O2. The molecule has 8 nitrogen and oxygen atoms in total. The van der Waals surface area contributed by atoms with Crippen LogP contribution in [0, 0.1) is 13.8 Å². The minimum absolute atomic E-state index is 0.0878. The van der Waals surface area contributed by atoms with Gasteiger partial charge in [0.05, 0.1) is 5.52 Å². The van der Waals surface area contributed by atoms with Crippen molar-refractivity contribution in [1.82, 2.24) is 29.3 Å². The van der Waals surface area contributed by atoms with Crippen LogP contribution in [0.15, 0.2) is 73.2 Å². The van der Waals surface area contributed by atoms with Gasteiger partial charge in [0.25, 0.3) is 0 Å². The van der Waals surface area contributed by atoms with Gasteiger partial charge in [-0.15, -0.1) is 0 Å². The number of carbonyl (C=O) groups excluding carboxylic acids is 1. The van der Waals surface area contributed by atoms with Gasteiger partial charge in [-0.25, -0.2) is 4.98 Å². The Bertz CT molecular complexity index is 1740. The quantitative estimate of drug-likeness (QED) is 0.228. The van der Waals surface area contributed by atoms with Crippen molar-refractivity contribution >= 4 is 16.8 Å². The minimum Gasteiger partial charge on any atom is -0.437 e. The number of carbonyl (C=O) groups is 1. The lowest BCUT2D eigenvalue weighted by molar-refractivity contribution is 0.0993. The molecule has 1 saturated heterocycles. The Labute approximate surface area is 246 Å². The minimum atomic E-state index is 0.0878. The molecule has 1 fully saturated rings. The van der Waals surface area contributed by atoms with Crippen LogP contribution in [-0.4, -0.2) is 68.3 Å². The predicted molar refractivity (Wildman–Crippen MR) is 165 cm³/mol. The van der Waals surface area contributed by atoms with E-state index in [1.807, 2.05) is 73.3 Å². The van der Waals surface area contributed by atoms with Crippen molar-refractivity contribution in [2.75, 3.05) is 33.2 Å². The number of ether oxygens (including phenoxy) is 1. The molecule has 0 saturated carbocycles. The second kappa shape index (κ2) is 11.8. The molecule has 5 aromatic rings. The van der Waals surface area contributed by atoms with Crippen LogP contribution in [0.5, 0.6) is 11.6 Å². The highest BCUT2D eigenvalue weighted by Crippen LogP contribution is 2.32. The van der Waals surface area contributed by atoms with Crippen molar-refractivity contribution in [2.45, 2.75) is 26.8 Å². The Balaban J connectivity index is 1.21. The van der Waals surface area contributed by atoms with Crippen molar-refractivity contribution in [3.8, 4) is 23.0 Å². The lowest BCUT2D eigenvalue weighted by Gasteiger charge is -2.32. The van der Waals surface area contributed by atoms with E-state index in [1.54, 1.807) is 12.4 Å². The molecule has 4 heterocycles. The number of likely N-dealkylation sites (N-methyl/N-ethyl adjacent to an activating group) is 1. The zero-order chi connectivity index (χ0) is 29.2. The number of rotatable bonds is 8. The Morgan fingerprint density at radius 3 is 2.52 bits per heavy atom. The van der Waals surface area contributed by atoms with Crippen LogP contribution in [0.2, 0.25) is 0 Å². The van der Waals surface area contributed by atoms with Crippen LogP contribution in [-0.2, 0) is 20.0 Å². The van der Waals surface area contributed by atoms with E-state index in [0.29, 0.717) is 17.5 Å². The molecule has 0 radical (unpaired) electrons. The third-order valence-electron chi connectivity index (χ3n) is 8.09. The molecule has 3 aromatic heterocycles. The van der Waals surface area contributed by atoms with Gasteiger partial charge in [-0.2, -0.15) is 4.98 Å². The van der Waals surface area contributed by atoms with Crippen molar-refractivity contribution in [1.29, 1.82) is 0 Å². The monoisotopic (exact) mass is 560 g/mol. The van der Waals surface area contributed by atoms with Gasteiger partial charge in [-0.3, -0.25) is 14.7 Å². The van der Waals surface area contributed by atoms with Crippen LogP contribution in [0.4, 0.5) is 0 Å². The maximum atomic E-state index is 13.4. The third-order valence-corrected chi connectivity index (χ3v) is 8.09.